The molecule has 0 aromatic heterocycles. The standard InChI is InChI=1S/C14H10ClIO/c15-12-5-1-10(2-6-12)14(9-17-14)11-3-7-13(16)8-4-11/h1-8H,9H2/t14-/m0/s1. The van der Waals surface area contributed by atoms with E-state index in [1.54, 1.807) is 0 Å². The predicted octanol–water partition coefficient (Wildman–Crippen LogP) is 4.22. The van der Waals surface area contributed by atoms with E-state index in [1.165, 1.54) is 14.7 Å². The second-order valence-corrected chi connectivity index (χ2v) is 5.81. The van der Waals surface area contributed by atoms with Gasteiger partial charge in [-0.15, -0.1) is 0 Å². The lowest BCUT2D eigenvalue weighted by Crippen LogP contribution is -2.10. The molecule has 2 aromatic carbocycles. The molecule has 1 nitrogen and oxygen atoms in total. The minimum Gasteiger partial charge on any atom is -0.359 e. The molecule has 1 fully saturated rings. The molecule has 3 rings (SSSR count). The fourth-order valence-corrected chi connectivity index (χ4v) is 2.50. The van der Waals surface area contributed by atoms with E-state index in [2.05, 4.69) is 46.9 Å². The molecule has 1 aliphatic rings. The summed E-state index contributed by atoms with van der Waals surface area (Å²) < 4.78 is 6.94. The van der Waals surface area contributed by atoms with Crippen LogP contribution in [-0.4, -0.2) is 6.61 Å². The molecule has 1 heterocycles. The summed E-state index contributed by atoms with van der Waals surface area (Å²) in [5, 5.41) is 0.757. The molecule has 0 unspecified atom stereocenters. The molecule has 0 bridgehead atoms. The molecule has 1 atom stereocenters. The zero-order valence-corrected chi connectivity index (χ0v) is 11.9. The third kappa shape index (κ3) is 2.09. The molecular weight excluding hydrogens is 347 g/mol. The lowest BCUT2D eigenvalue weighted by molar-refractivity contribution is 0.349. The summed E-state index contributed by atoms with van der Waals surface area (Å²) in [4.78, 5) is 0. The van der Waals surface area contributed by atoms with E-state index in [0.29, 0.717) is 0 Å². The molecule has 3 heteroatoms. The lowest BCUT2D eigenvalue weighted by Gasteiger charge is -2.13. The van der Waals surface area contributed by atoms with Crippen molar-refractivity contribution in [3.05, 3.63) is 68.3 Å². The zero-order valence-electron chi connectivity index (χ0n) is 8.99. The Kier molecular flexibility index (Phi) is 2.89. The van der Waals surface area contributed by atoms with Crippen LogP contribution in [0.3, 0.4) is 0 Å². The van der Waals surface area contributed by atoms with Gasteiger partial charge in [0, 0.05) is 8.59 Å². The highest BCUT2D eigenvalue weighted by atomic mass is 127. The Hall–Kier alpha value is -0.580. The first-order valence-electron chi connectivity index (χ1n) is 5.37. The van der Waals surface area contributed by atoms with Gasteiger partial charge in [0.25, 0.3) is 0 Å². The number of epoxide rings is 1. The van der Waals surface area contributed by atoms with Crippen molar-refractivity contribution in [1.82, 2.24) is 0 Å². The molecule has 1 saturated heterocycles. The minimum atomic E-state index is -0.241. The van der Waals surface area contributed by atoms with Crippen LogP contribution in [0.1, 0.15) is 11.1 Å². The Bertz CT molecular complexity index is 482. The van der Waals surface area contributed by atoms with Crippen molar-refractivity contribution >= 4 is 34.2 Å². The molecule has 2 aromatic rings. The first-order chi connectivity index (χ1) is 8.21. The van der Waals surface area contributed by atoms with Crippen molar-refractivity contribution in [1.29, 1.82) is 0 Å². The molecule has 0 saturated carbocycles. The molecule has 86 valence electrons. The third-order valence-corrected chi connectivity index (χ3v) is 4.03. The Morgan fingerprint density at radius 3 is 1.88 bits per heavy atom. The summed E-state index contributed by atoms with van der Waals surface area (Å²) in [6.45, 7) is 0.745. The van der Waals surface area contributed by atoms with E-state index in [1.807, 2.05) is 24.3 Å². The smallest absolute Gasteiger partial charge is 0.142 e. The Morgan fingerprint density at radius 2 is 1.41 bits per heavy atom. The maximum Gasteiger partial charge on any atom is 0.142 e. The largest absolute Gasteiger partial charge is 0.359 e. The van der Waals surface area contributed by atoms with Gasteiger partial charge in [0.1, 0.15) is 5.60 Å². The number of halogens is 2. The van der Waals surface area contributed by atoms with Crippen molar-refractivity contribution in [2.75, 3.05) is 6.61 Å². The molecular formula is C14H10ClIO. The summed E-state index contributed by atoms with van der Waals surface area (Å²) in [5.74, 6) is 0. The molecule has 0 radical (unpaired) electrons. The van der Waals surface area contributed by atoms with Crippen molar-refractivity contribution < 1.29 is 4.74 Å². The van der Waals surface area contributed by atoms with E-state index in [4.69, 9.17) is 16.3 Å². The quantitative estimate of drug-likeness (QED) is 0.580. The van der Waals surface area contributed by atoms with Gasteiger partial charge in [0.2, 0.25) is 0 Å². The van der Waals surface area contributed by atoms with E-state index in [0.717, 1.165) is 11.6 Å². The van der Waals surface area contributed by atoms with Crippen LogP contribution in [0, 0.1) is 3.57 Å². The lowest BCUT2D eigenvalue weighted by atomic mass is 9.92. The molecule has 17 heavy (non-hydrogen) atoms. The molecule has 0 spiro atoms. The summed E-state index contributed by atoms with van der Waals surface area (Å²) >= 11 is 8.21. The predicted molar refractivity (Wildman–Crippen MR) is 77.3 cm³/mol. The van der Waals surface area contributed by atoms with Gasteiger partial charge in [-0.05, 0) is 58.0 Å². The van der Waals surface area contributed by atoms with Gasteiger partial charge in [-0.2, -0.15) is 0 Å². The Morgan fingerprint density at radius 1 is 0.941 bits per heavy atom. The maximum atomic E-state index is 5.91. The first kappa shape index (κ1) is 11.5. The number of rotatable bonds is 2. The number of benzene rings is 2. The summed E-state index contributed by atoms with van der Waals surface area (Å²) in [6, 6.07) is 16.4. The Balaban J connectivity index is 2.01. The third-order valence-electron chi connectivity index (χ3n) is 3.05. The van der Waals surface area contributed by atoms with Crippen molar-refractivity contribution in [3.63, 3.8) is 0 Å². The highest BCUT2D eigenvalue weighted by molar-refractivity contribution is 14.1. The monoisotopic (exact) mass is 356 g/mol. The highest BCUT2D eigenvalue weighted by Crippen LogP contribution is 2.45. The maximum absolute atomic E-state index is 5.91. The summed E-state index contributed by atoms with van der Waals surface area (Å²) in [7, 11) is 0. The van der Waals surface area contributed by atoms with Crippen molar-refractivity contribution in [2.45, 2.75) is 5.60 Å². The van der Waals surface area contributed by atoms with E-state index in [9.17, 15) is 0 Å². The average Bonchev–Trinajstić information content (AvgIpc) is 3.12. The minimum absolute atomic E-state index is 0.241. The normalized spacial score (nSPS) is 22.5. The number of ether oxygens (including phenoxy) is 1. The topological polar surface area (TPSA) is 12.5 Å². The second-order valence-electron chi connectivity index (χ2n) is 4.13. The molecule has 0 N–H and O–H groups in total. The highest BCUT2D eigenvalue weighted by Gasteiger charge is 2.48. The average molecular weight is 357 g/mol. The van der Waals surface area contributed by atoms with Crippen LogP contribution in [0.4, 0.5) is 0 Å². The molecule has 0 amide bonds. The van der Waals surface area contributed by atoms with Crippen LogP contribution in [0.25, 0.3) is 0 Å². The van der Waals surface area contributed by atoms with Crippen LogP contribution in [-0.2, 0) is 10.3 Å². The van der Waals surface area contributed by atoms with Gasteiger partial charge in [-0.25, -0.2) is 0 Å². The van der Waals surface area contributed by atoms with Crippen molar-refractivity contribution in [3.8, 4) is 0 Å². The van der Waals surface area contributed by atoms with Gasteiger partial charge in [0.05, 0.1) is 6.61 Å². The van der Waals surface area contributed by atoms with Crippen LogP contribution < -0.4 is 0 Å². The van der Waals surface area contributed by atoms with Gasteiger partial charge in [-0.1, -0.05) is 35.9 Å². The van der Waals surface area contributed by atoms with Crippen molar-refractivity contribution in [2.24, 2.45) is 0 Å². The molecule has 1 aliphatic heterocycles. The summed E-state index contributed by atoms with van der Waals surface area (Å²) in [6.07, 6.45) is 0. The Labute approximate surface area is 119 Å². The fourth-order valence-electron chi connectivity index (χ4n) is 2.01. The van der Waals surface area contributed by atoms with Crippen LogP contribution in [0.5, 0.6) is 0 Å². The van der Waals surface area contributed by atoms with Gasteiger partial charge < -0.3 is 4.74 Å². The number of hydrogen-bond donors (Lipinski definition) is 0. The number of hydrogen-bond acceptors (Lipinski definition) is 1. The van der Waals surface area contributed by atoms with Crippen LogP contribution in [0.2, 0.25) is 5.02 Å². The van der Waals surface area contributed by atoms with E-state index < -0.39 is 0 Å². The molecule has 0 aliphatic carbocycles. The van der Waals surface area contributed by atoms with Gasteiger partial charge >= 0.3 is 0 Å². The van der Waals surface area contributed by atoms with E-state index >= 15 is 0 Å². The van der Waals surface area contributed by atoms with Gasteiger partial charge in [-0.3, -0.25) is 0 Å². The van der Waals surface area contributed by atoms with Gasteiger partial charge in [0.15, 0.2) is 0 Å². The first-order valence-corrected chi connectivity index (χ1v) is 6.82. The zero-order chi connectivity index (χ0) is 11.9. The SMILES string of the molecule is Clc1ccc([C@]2(c3ccc(I)cc3)CO2)cc1. The van der Waals surface area contributed by atoms with E-state index in [-0.39, 0.29) is 5.60 Å². The summed E-state index contributed by atoms with van der Waals surface area (Å²) in [5.41, 5.74) is 2.14. The fraction of sp³-hybridized carbons (Fsp3) is 0.143. The second kappa shape index (κ2) is 4.26. The van der Waals surface area contributed by atoms with Crippen LogP contribution >= 0.6 is 34.2 Å². The van der Waals surface area contributed by atoms with Crippen LogP contribution in [0.15, 0.2) is 48.5 Å².